The molecule has 48 heavy (non-hydrogen) atoms. The highest BCUT2D eigenvalue weighted by atomic mass is 16.5. The number of nitrogens with zero attached hydrogens (tertiary/aromatic N) is 2. The Morgan fingerprint density at radius 2 is 1.06 bits per heavy atom. The summed E-state index contributed by atoms with van der Waals surface area (Å²) >= 11 is 0. The van der Waals surface area contributed by atoms with Crippen molar-refractivity contribution < 1.29 is 24.2 Å². The molecule has 0 aliphatic rings. The summed E-state index contributed by atoms with van der Waals surface area (Å²) in [6.45, 7) is 9.13. The van der Waals surface area contributed by atoms with Crippen LogP contribution in [-0.2, 0) is 19.1 Å². The van der Waals surface area contributed by atoms with Crippen LogP contribution in [0.4, 0.5) is 0 Å². The lowest BCUT2D eigenvalue weighted by Gasteiger charge is -2.33. The van der Waals surface area contributed by atoms with Crippen molar-refractivity contribution in [1.29, 1.82) is 0 Å². The number of carboxylic acids is 1. The van der Waals surface area contributed by atoms with E-state index in [0.717, 1.165) is 129 Å². The highest BCUT2D eigenvalue weighted by Gasteiger charge is 2.22. The number of aliphatic carboxylic acids is 1. The monoisotopic (exact) mass is 681 g/mol. The van der Waals surface area contributed by atoms with Gasteiger partial charge in [0.15, 0.2) is 0 Å². The molecule has 2 unspecified atom stereocenters. The first-order valence-electron chi connectivity index (χ1n) is 20.6. The first-order valence-corrected chi connectivity index (χ1v) is 20.6. The predicted molar refractivity (Wildman–Crippen MR) is 202 cm³/mol. The summed E-state index contributed by atoms with van der Waals surface area (Å²) in [6, 6.07) is 0.318. The maximum absolute atomic E-state index is 13.6. The molecule has 0 saturated carbocycles. The summed E-state index contributed by atoms with van der Waals surface area (Å²) in [7, 11) is 4.24. The maximum Gasteiger partial charge on any atom is 0.305 e. The molecule has 0 aromatic carbocycles. The molecule has 0 radical (unpaired) electrons. The van der Waals surface area contributed by atoms with Crippen molar-refractivity contribution in [3.8, 4) is 0 Å². The van der Waals surface area contributed by atoms with E-state index in [-0.39, 0.29) is 12.4 Å². The maximum atomic E-state index is 13.6. The van der Waals surface area contributed by atoms with Gasteiger partial charge in [0.2, 0.25) is 5.91 Å². The molecular formula is C41H80N2O5. The van der Waals surface area contributed by atoms with Crippen LogP contribution in [0.2, 0.25) is 0 Å². The second-order valence-corrected chi connectivity index (χ2v) is 14.7. The highest BCUT2D eigenvalue weighted by Crippen LogP contribution is 2.22. The van der Waals surface area contributed by atoms with E-state index >= 15 is 0 Å². The molecule has 0 saturated heterocycles. The summed E-state index contributed by atoms with van der Waals surface area (Å²) < 4.78 is 5.57. The molecule has 0 spiro atoms. The molecule has 0 rings (SSSR count). The van der Waals surface area contributed by atoms with Gasteiger partial charge in [-0.1, -0.05) is 130 Å². The van der Waals surface area contributed by atoms with E-state index in [2.05, 4.69) is 44.7 Å². The zero-order chi connectivity index (χ0) is 35.7. The standard InChI is InChI=1S/C41H80N2O5/c1-6-9-11-16-23-31-39(44)43(35-27-26-34-42(4)5)38(29-21-17-12-14-19-24-32-40(45)46)30-22-18-13-15-20-25-33-41(47)48-36-37(8-3)28-10-7-2/h37-38H,6-36H2,1-5H3,(H,45,46). The number of amides is 1. The van der Waals surface area contributed by atoms with Gasteiger partial charge in [-0.2, -0.15) is 0 Å². The fraction of sp³-hybridized carbons (Fsp3) is 0.927. The normalized spacial score (nSPS) is 12.7. The molecule has 284 valence electrons. The van der Waals surface area contributed by atoms with Crippen molar-refractivity contribution in [3.63, 3.8) is 0 Å². The molecule has 0 aliphatic heterocycles. The molecule has 7 heteroatoms. The van der Waals surface area contributed by atoms with Gasteiger partial charge in [-0.05, 0) is 77.9 Å². The van der Waals surface area contributed by atoms with Gasteiger partial charge in [0.25, 0.3) is 0 Å². The van der Waals surface area contributed by atoms with Crippen LogP contribution in [0.15, 0.2) is 0 Å². The second kappa shape index (κ2) is 33.8. The fourth-order valence-corrected chi connectivity index (χ4v) is 6.60. The van der Waals surface area contributed by atoms with Gasteiger partial charge in [-0.25, -0.2) is 0 Å². The molecule has 0 aromatic rings. The number of rotatable bonds is 36. The minimum Gasteiger partial charge on any atom is -0.481 e. The summed E-state index contributed by atoms with van der Waals surface area (Å²) in [4.78, 5) is 41.2. The molecule has 0 heterocycles. The van der Waals surface area contributed by atoms with Crippen molar-refractivity contribution in [3.05, 3.63) is 0 Å². The van der Waals surface area contributed by atoms with E-state index in [1.165, 1.54) is 44.9 Å². The number of ether oxygens (including phenoxy) is 1. The zero-order valence-electron chi connectivity index (χ0n) is 32.5. The summed E-state index contributed by atoms with van der Waals surface area (Å²) in [5.41, 5.74) is 0. The smallest absolute Gasteiger partial charge is 0.305 e. The van der Waals surface area contributed by atoms with E-state index in [4.69, 9.17) is 9.84 Å². The third-order valence-electron chi connectivity index (χ3n) is 9.88. The minimum absolute atomic E-state index is 0.0336. The van der Waals surface area contributed by atoms with Gasteiger partial charge in [-0.15, -0.1) is 0 Å². The lowest BCUT2D eigenvalue weighted by molar-refractivity contribution is -0.145. The third-order valence-corrected chi connectivity index (χ3v) is 9.88. The number of carbonyl (C=O) groups excluding carboxylic acids is 2. The lowest BCUT2D eigenvalue weighted by Crippen LogP contribution is -2.41. The minimum atomic E-state index is -0.697. The van der Waals surface area contributed by atoms with Gasteiger partial charge in [0.05, 0.1) is 6.61 Å². The van der Waals surface area contributed by atoms with Gasteiger partial charge < -0.3 is 19.6 Å². The third kappa shape index (κ3) is 29.3. The zero-order valence-corrected chi connectivity index (χ0v) is 32.5. The number of unbranched alkanes of at least 4 members (excludes halogenated alkanes) is 16. The van der Waals surface area contributed by atoms with Crippen LogP contribution in [0, 0.1) is 5.92 Å². The Hall–Kier alpha value is -1.63. The van der Waals surface area contributed by atoms with Crippen molar-refractivity contribution >= 4 is 17.8 Å². The first kappa shape index (κ1) is 46.4. The van der Waals surface area contributed by atoms with Gasteiger partial charge in [-0.3, -0.25) is 14.4 Å². The number of carbonyl (C=O) groups is 3. The van der Waals surface area contributed by atoms with Crippen LogP contribution in [0.3, 0.4) is 0 Å². The van der Waals surface area contributed by atoms with E-state index in [9.17, 15) is 14.4 Å². The largest absolute Gasteiger partial charge is 0.481 e. The van der Waals surface area contributed by atoms with Crippen LogP contribution < -0.4 is 0 Å². The van der Waals surface area contributed by atoms with Crippen molar-refractivity contribution in [2.45, 2.75) is 207 Å². The SMILES string of the molecule is CCCCCCCC(=O)N(CCCCN(C)C)C(CCCCCCCCC(=O)O)CCCCCCCCC(=O)OCC(CC)CCCC. The molecule has 1 amide bonds. The Kier molecular flexibility index (Phi) is 32.7. The average molecular weight is 681 g/mol. The molecule has 2 atom stereocenters. The van der Waals surface area contributed by atoms with Gasteiger partial charge in [0.1, 0.15) is 0 Å². The van der Waals surface area contributed by atoms with Crippen LogP contribution in [-0.4, -0.2) is 72.6 Å². The van der Waals surface area contributed by atoms with Crippen molar-refractivity contribution in [2.75, 3.05) is 33.8 Å². The number of carboxylic acid groups (broad SMARTS) is 1. The second-order valence-electron chi connectivity index (χ2n) is 14.7. The summed E-state index contributed by atoms with van der Waals surface area (Å²) in [5.74, 6) is 0.131. The first-order chi connectivity index (χ1) is 23.2. The average Bonchev–Trinajstić information content (AvgIpc) is 3.06. The lowest BCUT2D eigenvalue weighted by atomic mass is 9.97. The molecule has 1 N–H and O–H groups in total. The molecule has 0 bridgehead atoms. The molecule has 0 aromatic heterocycles. The summed E-state index contributed by atoms with van der Waals surface area (Å²) in [6.07, 6.45) is 29.2. The Morgan fingerprint density at radius 1 is 0.562 bits per heavy atom. The Balaban J connectivity index is 4.85. The number of hydrogen-bond donors (Lipinski definition) is 1. The molecule has 7 nitrogen and oxygen atoms in total. The molecule has 0 aliphatic carbocycles. The van der Waals surface area contributed by atoms with Crippen LogP contribution in [0.25, 0.3) is 0 Å². The van der Waals surface area contributed by atoms with Crippen LogP contribution in [0.5, 0.6) is 0 Å². The van der Waals surface area contributed by atoms with E-state index in [1.807, 2.05) is 0 Å². The van der Waals surface area contributed by atoms with Gasteiger partial charge >= 0.3 is 11.9 Å². The quantitative estimate of drug-likeness (QED) is 0.0523. The number of hydrogen-bond acceptors (Lipinski definition) is 5. The predicted octanol–water partition coefficient (Wildman–Crippen LogP) is 11.0. The van der Waals surface area contributed by atoms with E-state index < -0.39 is 5.97 Å². The Morgan fingerprint density at radius 3 is 1.60 bits per heavy atom. The van der Waals surface area contributed by atoms with Crippen molar-refractivity contribution in [2.24, 2.45) is 5.92 Å². The fourth-order valence-electron chi connectivity index (χ4n) is 6.60. The van der Waals surface area contributed by atoms with E-state index in [0.29, 0.717) is 37.3 Å². The molecular weight excluding hydrogens is 600 g/mol. The van der Waals surface area contributed by atoms with Crippen molar-refractivity contribution in [1.82, 2.24) is 9.80 Å². The Bertz CT molecular complexity index is 759. The summed E-state index contributed by atoms with van der Waals surface area (Å²) in [5, 5.41) is 8.88. The number of esters is 1. The topological polar surface area (TPSA) is 87.2 Å². The van der Waals surface area contributed by atoms with Crippen LogP contribution in [0.1, 0.15) is 201 Å². The Labute approximate surface area is 297 Å². The highest BCUT2D eigenvalue weighted by molar-refractivity contribution is 5.76. The van der Waals surface area contributed by atoms with E-state index in [1.54, 1.807) is 0 Å². The van der Waals surface area contributed by atoms with Crippen LogP contribution >= 0.6 is 0 Å². The molecule has 0 fully saturated rings. The van der Waals surface area contributed by atoms with Gasteiger partial charge in [0, 0.05) is 31.8 Å².